The summed E-state index contributed by atoms with van der Waals surface area (Å²) in [6.45, 7) is 2.19. The normalized spacial score (nSPS) is 21.0. The molecule has 1 spiro atoms. The predicted octanol–water partition coefficient (Wildman–Crippen LogP) is 6.31. The number of hydrogen-bond donors (Lipinski definition) is 0. The van der Waals surface area contributed by atoms with Crippen molar-refractivity contribution in [2.24, 2.45) is 5.41 Å². The monoisotopic (exact) mass is 570 g/mol. The Morgan fingerprint density at radius 3 is 2.19 bits per heavy atom. The molecule has 3 aliphatic rings. The third kappa shape index (κ3) is 3.65. The van der Waals surface area contributed by atoms with Gasteiger partial charge >= 0.3 is 0 Å². The van der Waals surface area contributed by atoms with Gasteiger partial charge in [0.25, 0.3) is 5.69 Å². The third-order valence-corrected chi connectivity index (χ3v) is 8.90. The molecule has 0 amide bonds. The number of nitro groups is 1. The molecule has 0 saturated carbocycles. The molecule has 0 bridgehead atoms. The number of carbonyl (C=O) groups excluding carboxylic acids is 3. The summed E-state index contributed by atoms with van der Waals surface area (Å²) in [5, 5.41) is 11.4. The quantitative estimate of drug-likeness (QED) is 0.116. The van der Waals surface area contributed by atoms with Crippen LogP contribution in [-0.2, 0) is 0 Å². The molecule has 0 radical (unpaired) electrons. The molecule has 3 atom stereocenters. The summed E-state index contributed by atoms with van der Waals surface area (Å²) in [5.74, 6) is -1.46. The highest BCUT2D eigenvalue weighted by atomic mass is 16.6. The second-order valence-electron chi connectivity index (χ2n) is 10.9. The van der Waals surface area contributed by atoms with E-state index in [4.69, 9.17) is 4.74 Å². The number of nitrogens with zero attached hydrogens (tertiary/aromatic N) is 2. The lowest BCUT2D eigenvalue weighted by molar-refractivity contribution is -0.384. The van der Waals surface area contributed by atoms with E-state index in [9.17, 15) is 24.5 Å². The van der Waals surface area contributed by atoms with Crippen molar-refractivity contribution in [3.05, 3.63) is 141 Å². The SMILES string of the molecule is CCOc1ccccc1C1C(C(=O)c2ccc([N+](=O)[O-])cc2)N2c3ccccc3C=CC2C12C(=O)c1ccccc1C2=O. The van der Waals surface area contributed by atoms with Crippen LogP contribution in [0, 0.1) is 15.5 Å². The van der Waals surface area contributed by atoms with E-state index < -0.39 is 28.3 Å². The van der Waals surface area contributed by atoms with Crippen molar-refractivity contribution in [1.82, 2.24) is 0 Å². The first-order valence-corrected chi connectivity index (χ1v) is 14.1. The molecule has 2 heterocycles. The van der Waals surface area contributed by atoms with Gasteiger partial charge in [-0.1, -0.05) is 72.8 Å². The van der Waals surface area contributed by atoms with E-state index in [0.29, 0.717) is 29.0 Å². The molecule has 43 heavy (non-hydrogen) atoms. The molecule has 8 heteroatoms. The van der Waals surface area contributed by atoms with Gasteiger partial charge in [0.05, 0.1) is 17.6 Å². The maximum Gasteiger partial charge on any atom is 0.269 e. The van der Waals surface area contributed by atoms with Crippen LogP contribution in [0.5, 0.6) is 5.75 Å². The number of Topliss-reactive ketones (excluding diaryl/α,β-unsaturated/α-hetero) is 3. The molecule has 1 aliphatic carbocycles. The Kier molecular flexibility index (Phi) is 6.09. The zero-order valence-electron chi connectivity index (χ0n) is 23.2. The van der Waals surface area contributed by atoms with E-state index >= 15 is 0 Å². The minimum atomic E-state index is -1.66. The Bertz CT molecular complexity index is 1830. The number of benzene rings is 4. The topological polar surface area (TPSA) is 107 Å². The molecular weight excluding hydrogens is 544 g/mol. The van der Waals surface area contributed by atoms with E-state index in [1.165, 1.54) is 24.3 Å². The molecule has 4 aromatic carbocycles. The molecular formula is C35H26N2O6. The molecule has 4 aromatic rings. The number of ketones is 3. The smallest absolute Gasteiger partial charge is 0.269 e. The second-order valence-corrected chi connectivity index (χ2v) is 10.9. The van der Waals surface area contributed by atoms with Gasteiger partial charge in [0.1, 0.15) is 17.2 Å². The van der Waals surface area contributed by atoms with Gasteiger partial charge in [0.2, 0.25) is 0 Å². The number of ether oxygens (including phenoxy) is 1. The number of rotatable bonds is 6. The number of hydrogen-bond acceptors (Lipinski definition) is 7. The highest BCUT2D eigenvalue weighted by molar-refractivity contribution is 6.32. The van der Waals surface area contributed by atoms with Crippen LogP contribution < -0.4 is 9.64 Å². The molecule has 8 nitrogen and oxygen atoms in total. The fourth-order valence-corrected chi connectivity index (χ4v) is 7.20. The summed E-state index contributed by atoms with van der Waals surface area (Å²) in [6, 6.07) is 25.3. The molecule has 2 aliphatic heterocycles. The standard InChI is InChI=1S/C35H26N2O6/c1-2-43-28-14-8-6-12-26(28)30-31(32(38)22-15-18-23(19-16-22)37(41)42)36-27-13-7-3-9-21(27)17-20-29(36)35(30)33(39)24-10-4-5-11-25(24)34(35)40/h3-20,29-31H,2H2,1H3. The minimum absolute atomic E-state index is 0.140. The number of carbonyl (C=O) groups is 3. The summed E-state index contributed by atoms with van der Waals surface area (Å²) < 4.78 is 6.05. The van der Waals surface area contributed by atoms with Crippen molar-refractivity contribution < 1.29 is 24.0 Å². The summed E-state index contributed by atoms with van der Waals surface area (Å²) >= 11 is 0. The van der Waals surface area contributed by atoms with Gasteiger partial charge in [-0.2, -0.15) is 0 Å². The highest BCUT2D eigenvalue weighted by Crippen LogP contribution is 2.62. The Hall–Kier alpha value is -5.37. The third-order valence-electron chi connectivity index (χ3n) is 8.90. The zero-order chi connectivity index (χ0) is 29.9. The molecule has 0 aromatic heterocycles. The lowest BCUT2D eigenvalue weighted by atomic mass is 9.64. The molecule has 1 fully saturated rings. The number of non-ortho nitro benzene ring substituents is 1. The molecule has 7 rings (SSSR count). The first-order valence-electron chi connectivity index (χ1n) is 14.1. The number of para-hydroxylation sites is 2. The summed E-state index contributed by atoms with van der Waals surface area (Å²) in [4.78, 5) is 57.1. The summed E-state index contributed by atoms with van der Waals surface area (Å²) in [7, 11) is 0. The maximum absolute atomic E-state index is 14.8. The lowest BCUT2D eigenvalue weighted by Gasteiger charge is -2.37. The van der Waals surface area contributed by atoms with Gasteiger partial charge in [-0.05, 0) is 36.8 Å². The van der Waals surface area contributed by atoms with Gasteiger partial charge < -0.3 is 9.64 Å². The van der Waals surface area contributed by atoms with Gasteiger partial charge in [-0.3, -0.25) is 24.5 Å². The Labute approximate surface area is 247 Å². The van der Waals surface area contributed by atoms with Gasteiger partial charge in [0.15, 0.2) is 17.3 Å². The van der Waals surface area contributed by atoms with Crippen molar-refractivity contribution in [2.75, 3.05) is 11.5 Å². The van der Waals surface area contributed by atoms with Crippen molar-refractivity contribution in [2.45, 2.75) is 24.9 Å². The van der Waals surface area contributed by atoms with Crippen LogP contribution in [0.2, 0.25) is 0 Å². The fraction of sp³-hybridized carbons (Fsp3) is 0.171. The Morgan fingerprint density at radius 2 is 1.51 bits per heavy atom. The van der Waals surface area contributed by atoms with Crippen LogP contribution in [0.3, 0.4) is 0 Å². The van der Waals surface area contributed by atoms with Crippen LogP contribution in [0.15, 0.2) is 103 Å². The van der Waals surface area contributed by atoms with E-state index in [1.54, 1.807) is 30.3 Å². The minimum Gasteiger partial charge on any atom is -0.494 e. The van der Waals surface area contributed by atoms with E-state index in [1.807, 2.05) is 66.4 Å². The van der Waals surface area contributed by atoms with E-state index in [-0.39, 0.29) is 28.6 Å². The first-order chi connectivity index (χ1) is 20.9. The second kappa shape index (κ2) is 9.87. The molecule has 3 unspecified atom stereocenters. The van der Waals surface area contributed by atoms with E-state index in [0.717, 1.165) is 11.3 Å². The predicted molar refractivity (Wildman–Crippen MR) is 161 cm³/mol. The molecule has 1 saturated heterocycles. The van der Waals surface area contributed by atoms with Gasteiger partial charge in [-0.15, -0.1) is 0 Å². The van der Waals surface area contributed by atoms with Crippen molar-refractivity contribution in [1.29, 1.82) is 0 Å². The number of fused-ring (bicyclic) bond motifs is 5. The summed E-state index contributed by atoms with van der Waals surface area (Å²) in [6.07, 6.45) is 3.77. The summed E-state index contributed by atoms with van der Waals surface area (Å²) in [5.41, 5.74) is 1.27. The number of anilines is 1. The van der Waals surface area contributed by atoms with Crippen LogP contribution in [0.4, 0.5) is 11.4 Å². The lowest BCUT2D eigenvalue weighted by Crippen LogP contribution is -2.48. The Balaban J connectivity index is 1.54. The average Bonchev–Trinajstić information content (AvgIpc) is 3.47. The molecule has 0 N–H and O–H groups in total. The van der Waals surface area contributed by atoms with Crippen molar-refractivity contribution in [3.63, 3.8) is 0 Å². The fourth-order valence-electron chi connectivity index (χ4n) is 7.20. The van der Waals surface area contributed by atoms with Crippen molar-refractivity contribution in [3.8, 4) is 5.75 Å². The van der Waals surface area contributed by atoms with Crippen LogP contribution >= 0.6 is 0 Å². The average molecular weight is 571 g/mol. The maximum atomic E-state index is 14.8. The highest BCUT2D eigenvalue weighted by Gasteiger charge is 2.71. The Morgan fingerprint density at radius 1 is 0.884 bits per heavy atom. The van der Waals surface area contributed by atoms with Crippen molar-refractivity contribution >= 4 is 34.8 Å². The largest absolute Gasteiger partial charge is 0.494 e. The van der Waals surface area contributed by atoms with Crippen LogP contribution in [-0.4, -0.2) is 41.0 Å². The first kappa shape index (κ1) is 26.5. The number of nitro benzene ring substituents is 1. The zero-order valence-corrected chi connectivity index (χ0v) is 23.2. The van der Waals surface area contributed by atoms with E-state index in [2.05, 4.69) is 0 Å². The van der Waals surface area contributed by atoms with Crippen LogP contribution in [0.25, 0.3) is 6.08 Å². The van der Waals surface area contributed by atoms with Gasteiger partial charge in [-0.25, -0.2) is 0 Å². The molecule has 212 valence electrons. The van der Waals surface area contributed by atoms with Crippen LogP contribution in [0.1, 0.15) is 55.0 Å². The van der Waals surface area contributed by atoms with Gasteiger partial charge in [0, 0.05) is 46.0 Å².